The van der Waals surface area contributed by atoms with Crippen LogP contribution in [0.2, 0.25) is 0 Å². The molecule has 1 aliphatic rings. The molecule has 4 rings (SSSR count). The summed E-state index contributed by atoms with van der Waals surface area (Å²) >= 11 is 0.865. The molecule has 0 saturated carbocycles. The summed E-state index contributed by atoms with van der Waals surface area (Å²) in [5, 5.41) is 6.26. The monoisotopic (exact) mass is 508 g/mol. The molecule has 1 fully saturated rings. The average Bonchev–Trinajstić information content (AvgIpc) is 3.28. The Morgan fingerprint density at radius 2 is 1.94 bits per heavy atom. The zero-order valence-corrected chi connectivity index (χ0v) is 20.2. The molecule has 1 saturated heterocycles. The molecule has 0 spiro atoms. The number of fused-ring (bicyclic) bond motifs is 1. The van der Waals surface area contributed by atoms with E-state index in [2.05, 4.69) is 20.6 Å². The molecule has 1 aliphatic heterocycles. The van der Waals surface area contributed by atoms with Crippen LogP contribution in [0.25, 0.3) is 10.3 Å². The van der Waals surface area contributed by atoms with E-state index in [1.165, 1.54) is 4.90 Å². The highest BCUT2D eigenvalue weighted by atomic mass is 32.1. The topological polar surface area (TPSA) is 92.2 Å². The van der Waals surface area contributed by atoms with Crippen LogP contribution in [0.3, 0.4) is 0 Å². The molecule has 1 aromatic carbocycles. The lowest BCUT2D eigenvalue weighted by molar-refractivity contribution is -0.148. The van der Waals surface area contributed by atoms with E-state index in [1.807, 2.05) is 30.3 Å². The summed E-state index contributed by atoms with van der Waals surface area (Å²) in [4.78, 5) is 35.3. The predicted molar refractivity (Wildman–Crippen MR) is 128 cm³/mol. The van der Waals surface area contributed by atoms with Crippen LogP contribution >= 0.6 is 11.3 Å². The highest BCUT2D eigenvalue weighted by Crippen LogP contribution is 2.32. The van der Waals surface area contributed by atoms with E-state index in [-0.39, 0.29) is 33.8 Å². The van der Waals surface area contributed by atoms with Crippen LogP contribution in [-0.2, 0) is 24.1 Å². The molecular formula is C23H27F3N6O2S. The largest absolute Gasteiger partial charge is 0.449 e. The van der Waals surface area contributed by atoms with Crippen LogP contribution in [-0.4, -0.2) is 46.6 Å². The van der Waals surface area contributed by atoms with E-state index in [0.29, 0.717) is 32.5 Å². The Labute approximate surface area is 204 Å². The second-order valence-electron chi connectivity index (χ2n) is 8.68. The molecule has 35 heavy (non-hydrogen) atoms. The van der Waals surface area contributed by atoms with Crippen LogP contribution in [0.5, 0.6) is 0 Å². The van der Waals surface area contributed by atoms with Crippen LogP contribution in [0.15, 0.2) is 35.1 Å². The second-order valence-corrected chi connectivity index (χ2v) is 9.64. The van der Waals surface area contributed by atoms with E-state index in [0.717, 1.165) is 21.5 Å². The zero-order chi connectivity index (χ0) is 25.2. The number of anilines is 1. The summed E-state index contributed by atoms with van der Waals surface area (Å²) in [5.74, 6) is -1.54. The summed E-state index contributed by atoms with van der Waals surface area (Å²) in [6.07, 6.45) is -3.41. The van der Waals surface area contributed by atoms with Crippen molar-refractivity contribution in [3.8, 4) is 0 Å². The number of likely N-dealkylation sites (N-methyl/N-ethyl adjacent to an activating group) is 1. The molecule has 2 N–H and O–H groups in total. The zero-order valence-electron chi connectivity index (χ0n) is 19.4. The lowest BCUT2D eigenvalue weighted by Crippen LogP contribution is -2.43. The maximum absolute atomic E-state index is 13.8. The van der Waals surface area contributed by atoms with Gasteiger partial charge in [-0.1, -0.05) is 41.7 Å². The number of rotatable bonds is 7. The molecule has 2 aromatic heterocycles. The molecule has 0 bridgehead atoms. The summed E-state index contributed by atoms with van der Waals surface area (Å²) in [6, 6.07) is 8.74. The lowest BCUT2D eigenvalue weighted by atomic mass is 9.98. The summed E-state index contributed by atoms with van der Waals surface area (Å²) in [5.41, 5.74) is 0.0162. The van der Waals surface area contributed by atoms with E-state index in [1.54, 1.807) is 14.0 Å². The first-order valence-corrected chi connectivity index (χ1v) is 12.2. The highest BCUT2D eigenvalue weighted by molar-refractivity contribution is 7.21. The molecule has 3 heterocycles. The molecule has 3 aromatic rings. The van der Waals surface area contributed by atoms with E-state index in [4.69, 9.17) is 0 Å². The number of carbonyl (C=O) groups is 1. The number of nitrogens with zero attached hydrogens (tertiary/aromatic N) is 4. The Hall–Kier alpha value is -2.99. The Bertz CT molecular complexity index is 1240. The Morgan fingerprint density at radius 3 is 2.60 bits per heavy atom. The summed E-state index contributed by atoms with van der Waals surface area (Å²) in [7, 11) is 1.61. The van der Waals surface area contributed by atoms with Crippen molar-refractivity contribution >= 4 is 32.7 Å². The molecule has 188 valence electrons. The Balaban J connectivity index is 1.59. The van der Waals surface area contributed by atoms with Gasteiger partial charge in [-0.15, -0.1) is 0 Å². The van der Waals surface area contributed by atoms with Crippen molar-refractivity contribution in [2.24, 2.45) is 5.92 Å². The smallest absolute Gasteiger partial charge is 0.350 e. The van der Waals surface area contributed by atoms with Gasteiger partial charge in [-0.3, -0.25) is 14.2 Å². The number of thiazole rings is 1. The van der Waals surface area contributed by atoms with Gasteiger partial charge in [0.25, 0.3) is 5.56 Å². The van der Waals surface area contributed by atoms with Gasteiger partial charge < -0.3 is 15.5 Å². The average molecular weight is 509 g/mol. The normalized spacial score (nSPS) is 15.8. The fourth-order valence-electron chi connectivity index (χ4n) is 4.03. The number of halogens is 3. The van der Waals surface area contributed by atoms with E-state index >= 15 is 0 Å². The minimum absolute atomic E-state index is 0.0524. The standard InChI is InChI=1S/C23H27F3N6O2S/c1-14(18(33)28-12-15-6-4-3-5-7-15)31(2)22-29-17-19(35-22)30-21(23(24,25)26)32(20(17)34)13-16-8-10-27-11-9-16/h3-7,14,16,27H,8-13H2,1-2H3,(H,28,33)/t14-/m1/s1. The predicted octanol–water partition coefficient (Wildman–Crippen LogP) is 3.01. The first-order valence-electron chi connectivity index (χ1n) is 11.4. The number of hydrogen-bond donors (Lipinski definition) is 2. The van der Waals surface area contributed by atoms with E-state index in [9.17, 15) is 22.8 Å². The number of alkyl halides is 3. The number of hydrogen-bond acceptors (Lipinski definition) is 7. The third-order valence-electron chi connectivity index (χ3n) is 6.23. The molecule has 0 aliphatic carbocycles. The second kappa shape index (κ2) is 10.3. The molecule has 8 nitrogen and oxygen atoms in total. The number of benzene rings is 1. The minimum Gasteiger partial charge on any atom is -0.350 e. The third-order valence-corrected chi connectivity index (χ3v) is 7.27. The summed E-state index contributed by atoms with van der Waals surface area (Å²) in [6.45, 7) is 3.35. The number of piperidine rings is 1. The first kappa shape index (κ1) is 25.1. The molecule has 1 atom stereocenters. The first-order chi connectivity index (χ1) is 16.6. The Morgan fingerprint density at radius 1 is 1.26 bits per heavy atom. The maximum Gasteiger partial charge on any atom is 0.449 e. The molecule has 1 amide bonds. The number of carbonyl (C=O) groups excluding carboxylic acids is 1. The molecular weight excluding hydrogens is 481 g/mol. The summed E-state index contributed by atoms with van der Waals surface area (Å²) < 4.78 is 42.2. The molecule has 0 radical (unpaired) electrons. The SMILES string of the molecule is C[C@H](C(=O)NCc1ccccc1)N(C)c1nc2c(=O)n(CC3CCNCC3)c(C(F)(F)F)nc2s1. The van der Waals surface area contributed by atoms with Crippen LogP contribution in [0, 0.1) is 5.92 Å². The van der Waals surface area contributed by atoms with Gasteiger partial charge in [-0.25, -0.2) is 9.97 Å². The van der Waals surface area contributed by atoms with Gasteiger partial charge >= 0.3 is 6.18 Å². The van der Waals surface area contributed by atoms with Gasteiger partial charge in [0.2, 0.25) is 11.7 Å². The lowest BCUT2D eigenvalue weighted by Gasteiger charge is -2.24. The number of nitrogens with one attached hydrogen (secondary N) is 2. The highest BCUT2D eigenvalue weighted by Gasteiger charge is 2.38. The number of aromatic nitrogens is 3. The Kier molecular flexibility index (Phi) is 7.41. The fraction of sp³-hybridized carbons (Fsp3) is 0.478. The van der Waals surface area contributed by atoms with Gasteiger partial charge in [0.15, 0.2) is 15.5 Å². The van der Waals surface area contributed by atoms with Crippen LogP contribution in [0.1, 0.15) is 31.2 Å². The maximum atomic E-state index is 13.8. The van der Waals surface area contributed by atoms with Gasteiger partial charge in [-0.05, 0) is 44.3 Å². The van der Waals surface area contributed by atoms with Crippen LogP contribution < -0.4 is 21.1 Å². The fourth-order valence-corrected chi connectivity index (χ4v) is 5.00. The molecule has 12 heteroatoms. The molecule has 0 unspecified atom stereocenters. The minimum atomic E-state index is -4.78. The third kappa shape index (κ3) is 5.64. The number of amides is 1. The van der Waals surface area contributed by atoms with Crippen molar-refractivity contribution < 1.29 is 18.0 Å². The van der Waals surface area contributed by atoms with Gasteiger partial charge in [-0.2, -0.15) is 13.2 Å². The van der Waals surface area contributed by atoms with Crippen molar-refractivity contribution in [2.45, 2.75) is 45.1 Å². The van der Waals surface area contributed by atoms with Crippen molar-refractivity contribution in [2.75, 3.05) is 25.0 Å². The van der Waals surface area contributed by atoms with Gasteiger partial charge in [0.05, 0.1) is 0 Å². The van der Waals surface area contributed by atoms with E-state index < -0.39 is 23.6 Å². The van der Waals surface area contributed by atoms with Crippen molar-refractivity contribution in [3.63, 3.8) is 0 Å². The van der Waals surface area contributed by atoms with Gasteiger partial charge in [0.1, 0.15) is 6.04 Å². The van der Waals surface area contributed by atoms with Crippen molar-refractivity contribution in [1.82, 2.24) is 25.2 Å². The quantitative estimate of drug-likeness (QED) is 0.510. The van der Waals surface area contributed by atoms with Gasteiger partial charge in [0, 0.05) is 20.1 Å². The van der Waals surface area contributed by atoms with Crippen LogP contribution in [0.4, 0.5) is 18.3 Å². The van der Waals surface area contributed by atoms with Crippen molar-refractivity contribution in [1.29, 1.82) is 0 Å². The van der Waals surface area contributed by atoms with Crippen molar-refractivity contribution in [3.05, 3.63) is 52.1 Å².